The van der Waals surface area contributed by atoms with E-state index < -0.39 is 9.84 Å². The summed E-state index contributed by atoms with van der Waals surface area (Å²) in [4.78, 5) is 2.15. The molecule has 1 aromatic carbocycles. The predicted molar refractivity (Wildman–Crippen MR) is 69.7 cm³/mol. The van der Waals surface area contributed by atoms with E-state index in [4.69, 9.17) is 11.6 Å². The molecule has 0 radical (unpaired) electrons. The summed E-state index contributed by atoms with van der Waals surface area (Å²) >= 11 is 5.99. The van der Waals surface area contributed by atoms with Gasteiger partial charge in [-0.1, -0.05) is 11.6 Å². The largest absolute Gasteiger partial charge is 0.381 e. The van der Waals surface area contributed by atoms with Gasteiger partial charge in [0.25, 0.3) is 0 Å². The maximum absolute atomic E-state index is 11.6. The Morgan fingerprint density at radius 2 is 2.24 bits per heavy atom. The Labute approximate surface area is 105 Å². The molecule has 0 aliphatic carbocycles. The van der Waals surface area contributed by atoms with E-state index in [-0.39, 0.29) is 17.5 Å². The van der Waals surface area contributed by atoms with Crippen molar-refractivity contribution in [3.8, 4) is 0 Å². The molecule has 2 aliphatic heterocycles. The minimum atomic E-state index is -2.88. The molecular formula is C11H13ClN2O2S. The fourth-order valence-electron chi connectivity index (χ4n) is 2.49. The zero-order valence-electron chi connectivity index (χ0n) is 9.19. The number of halogens is 1. The van der Waals surface area contributed by atoms with Gasteiger partial charge in [-0.2, -0.15) is 0 Å². The molecule has 17 heavy (non-hydrogen) atoms. The topological polar surface area (TPSA) is 49.4 Å². The molecular weight excluding hydrogens is 260 g/mol. The van der Waals surface area contributed by atoms with Gasteiger partial charge in [0.15, 0.2) is 9.84 Å². The van der Waals surface area contributed by atoms with Gasteiger partial charge in [-0.25, -0.2) is 8.42 Å². The maximum atomic E-state index is 11.6. The van der Waals surface area contributed by atoms with Crippen molar-refractivity contribution in [1.29, 1.82) is 0 Å². The lowest BCUT2D eigenvalue weighted by Gasteiger charge is -2.42. The van der Waals surface area contributed by atoms with Crippen LogP contribution in [0.15, 0.2) is 18.2 Å². The van der Waals surface area contributed by atoms with Crippen LogP contribution in [0.3, 0.4) is 0 Å². The van der Waals surface area contributed by atoms with Crippen molar-refractivity contribution in [1.82, 2.24) is 0 Å². The van der Waals surface area contributed by atoms with Gasteiger partial charge < -0.3 is 10.2 Å². The van der Waals surface area contributed by atoms with Crippen molar-refractivity contribution >= 4 is 32.8 Å². The van der Waals surface area contributed by atoms with Crippen molar-refractivity contribution in [2.45, 2.75) is 6.04 Å². The normalized spacial score (nSPS) is 25.7. The second kappa shape index (κ2) is 3.78. The number of rotatable bonds is 0. The number of hydrogen-bond acceptors (Lipinski definition) is 4. The molecule has 92 valence electrons. The molecule has 1 aromatic rings. The highest BCUT2D eigenvalue weighted by atomic mass is 35.5. The van der Waals surface area contributed by atoms with Crippen molar-refractivity contribution < 1.29 is 8.42 Å². The number of nitrogens with one attached hydrogen (secondary N) is 1. The highest BCUT2D eigenvalue weighted by Crippen LogP contribution is 2.35. The third-order valence-electron chi connectivity index (χ3n) is 3.33. The first-order valence-corrected chi connectivity index (χ1v) is 7.76. The number of sulfone groups is 1. The lowest BCUT2D eigenvalue weighted by molar-refractivity contribution is 0.559. The smallest absolute Gasteiger partial charge is 0.154 e. The van der Waals surface area contributed by atoms with Crippen molar-refractivity contribution in [2.24, 2.45) is 0 Å². The van der Waals surface area contributed by atoms with E-state index in [0.717, 1.165) is 11.4 Å². The third kappa shape index (κ3) is 1.98. The van der Waals surface area contributed by atoms with Crippen molar-refractivity contribution in [2.75, 3.05) is 34.8 Å². The summed E-state index contributed by atoms with van der Waals surface area (Å²) < 4.78 is 23.2. The Hall–Kier alpha value is -0.940. The van der Waals surface area contributed by atoms with Crippen LogP contribution in [0.1, 0.15) is 0 Å². The summed E-state index contributed by atoms with van der Waals surface area (Å²) in [6, 6.07) is 5.71. The van der Waals surface area contributed by atoms with Crippen LogP contribution in [-0.4, -0.2) is 39.1 Å². The summed E-state index contributed by atoms with van der Waals surface area (Å²) in [6.45, 7) is 1.23. The third-order valence-corrected chi connectivity index (χ3v) is 5.26. The highest BCUT2D eigenvalue weighted by Gasteiger charge is 2.34. The molecule has 0 aromatic heterocycles. The Morgan fingerprint density at radius 3 is 3.06 bits per heavy atom. The van der Waals surface area contributed by atoms with Crippen LogP contribution in [0.25, 0.3) is 0 Å². The number of fused-ring (bicyclic) bond motifs is 3. The van der Waals surface area contributed by atoms with Gasteiger partial charge in [-0.05, 0) is 18.2 Å². The van der Waals surface area contributed by atoms with Gasteiger partial charge in [0.05, 0.1) is 28.9 Å². The number of anilines is 2. The lowest BCUT2D eigenvalue weighted by Crippen LogP contribution is -2.54. The van der Waals surface area contributed by atoms with E-state index in [0.29, 0.717) is 18.1 Å². The van der Waals surface area contributed by atoms with E-state index in [1.54, 1.807) is 0 Å². The average molecular weight is 273 g/mol. The van der Waals surface area contributed by atoms with Crippen LogP contribution in [0, 0.1) is 0 Å². The molecule has 2 aliphatic rings. The lowest BCUT2D eigenvalue weighted by atomic mass is 10.1. The number of benzene rings is 1. The zero-order chi connectivity index (χ0) is 12.0. The Bertz CT molecular complexity index is 559. The van der Waals surface area contributed by atoms with Crippen LogP contribution >= 0.6 is 11.6 Å². The van der Waals surface area contributed by atoms with Crippen LogP contribution in [0.2, 0.25) is 5.02 Å². The van der Waals surface area contributed by atoms with E-state index in [1.807, 2.05) is 18.2 Å². The molecule has 1 N–H and O–H groups in total. The van der Waals surface area contributed by atoms with Gasteiger partial charge in [0.1, 0.15) is 0 Å². The van der Waals surface area contributed by atoms with Crippen LogP contribution in [-0.2, 0) is 9.84 Å². The maximum Gasteiger partial charge on any atom is 0.154 e. The summed E-state index contributed by atoms with van der Waals surface area (Å²) in [5.74, 6) is 0.460. The fourth-order valence-corrected chi connectivity index (χ4v) is 4.18. The van der Waals surface area contributed by atoms with Crippen LogP contribution < -0.4 is 10.2 Å². The van der Waals surface area contributed by atoms with Gasteiger partial charge in [0, 0.05) is 18.1 Å². The average Bonchev–Trinajstić information content (AvgIpc) is 2.27. The SMILES string of the molecule is O=S1(=O)CCN2c3cc(Cl)ccc3NCC2C1. The minimum Gasteiger partial charge on any atom is -0.381 e. The Kier molecular flexibility index (Phi) is 2.48. The quantitative estimate of drug-likeness (QED) is 0.775. The molecule has 1 atom stereocenters. The van der Waals surface area contributed by atoms with Crippen LogP contribution in [0.4, 0.5) is 11.4 Å². The van der Waals surface area contributed by atoms with Crippen molar-refractivity contribution in [3.05, 3.63) is 23.2 Å². The molecule has 1 fully saturated rings. The first-order chi connectivity index (χ1) is 8.05. The first kappa shape index (κ1) is 11.2. The fraction of sp³-hybridized carbons (Fsp3) is 0.455. The molecule has 3 rings (SSSR count). The second-order valence-corrected chi connectivity index (χ2v) is 7.17. The second-order valence-electron chi connectivity index (χ2n) is 4.50. The molecule has 0 spiro atoms. The van der Waals surface area contributed by atoms with Crippen molar-refractivity contribution in [3.63, 3.8) is 0 Å². The summed E-state index contributed by atoms with van der Waals surface area (Å²) in [5, 5.41) is 3.94. The minimum absolute atomic E-state index is 0.0275. The molecule has 1 unspecified atom stereocenters. The molecule has 6 heteroatoms. The van der Waals surface area contributed by atoms with E-state index in [9.17, 15) is 8.42 Å². The molecule has 0 saturated carbocycles. The molecule has 0 amide bonds. The van der Waals surface area contributed by atoms with E-state index >= 15 is 0 Å². The number of nitrogens with zero attached hydrogens (tertiary/aromatic N) is 1. The Balaban J connectivity index is 2.00. The molecule has 1 saturated heterocycles. The van der Waals surface area contributed by atoms with Gasteiger partial charge in [-0.15, -0.1) is 0 Å². The van der Waals surface area contributed by atoms with Gasteiger partial charge in [0.2, 0.25) is 0 Å². The Morgan fingerprint density at radius 1 is 1.41 bits per heavy atom. The molecule has 4 nitrogen and oxygen atoms in total. The number of hydrogen-bond donors (Lipinski definition) is 1. The predicted octanol–water partition coefficient (Wildman–Crippen LogP) is 1.37. The van der Waals surface area contributed by atoms with Crippen LogP contribution in [0.5, 0.6) is 0 Å². The monoisotopic (exact) mass is 272 g/mol. The van der Waals surface area contributed by atoms with Gasteiger partial charge in [-0.3, -0.25) is 0 Å². The molecule has 0 bridgehead atoms. The first-order valence-electron chi connectivity index (χ1n) is 5.56. The summed E-state index contributed by atoms with van der Waals surface area (Å²) in [6.07, 6.45) is 0. The zero-order valence-corrected chi connectivity index (χ0v) is 10.8. The summed E-state index contributed by atoms with van der Waals surface area (Å²) in [7, 11) is -2.88. The van der Waals surface area contributed by atoms with E-state index in [2.05, 4.69) is 10.2 Å². The van der Waals surface area contributed by atoms with Gasteiger partial charge >= 0.3 is 0 Å². The standard InChI is InChI=1S/C11H13ClN2O2S/c12-8-1-2-10-11(5-8)14-3-4-17(15,16)7-9(14)6-13-10/h1-2,5,9,13H,3-4,6-7H2. The molecule has 2 heterocycles. The highest BCUT2D eigenvalue weighted by molar-refractivity contribution is 7.91. The summed E-state index contributed by atoms with van der Waals surface area (Å²) in [5.41, 5.74) is 2.05. The van der Waals surface area contributed by atoms with E-state index in [1.165, 1.54) is 0 Å².